The van der Waals surface area contributed by atoms with E-state index in [4.69, 9.17) is 10.3 Å². The molecule has 2 aliphatic rings. The van der Waals surface area contributed by atoms with Crippen LogP contribution < -0.4 is 4.74 Å². The zero-order valence-corrected chi connectivity index (χ0v) is 20.0. The topological polar surface area (TPSA) is 81.5 Å². The number of benzene rings is 2. The SMILES string of the molecule is COc1ccc2c(c1)CN(C(=O)CCN1CCC(Cc3ccc(N=[N+]=[N-])cc3)CC1)CCS2. The van der Waals surface area contributed by atoms with E-state index in [0.717, 1.165) is 56.9 Å². The van der Waals surface area contributed by atoms with Crippen LogP contribution in [0.4, 0.5) is 5.69 Å². The Morgan fingerprint density at radius 2 is 1.97 bits per heavy atom. The summed E-state index contributed by atoms with van der Waals surface area (Å²) in [7, 11) is 1.68. The van der Waals surface area contributed by atoms with E-state index in [-0.39, 0.29) is 5.91 Å². The highest BCUT2D eigenvalue weighted by atomic mass is 32.2. The summed E-state index contributed by atoms with van der Waals surface area (Å²) in [6.45, 7) is 4.39. The number of carbonyl (C=O) groups is 1. The molecule has 0 aliphatic carbocycles. The first kappa shape index (κ1) is 23.5. The molecule has 2 heterocycles. The van der Waals surface area contributed by atoms with E-state index in [2.05, 4.69) is 39.2 Å². The van der Waals surface area contributed by atoms with Crippen molar-refractivity contribution in [3.8, 4) is 5.75 Å². The lowest BCUT2D eigenvalue weighted by Gasteiger charge is -2.32. The molecule has 2 aromatic carbocycles. The van der Waals surface area contributed by atoms with Crippen molar-refractivity contribution in [1.82, 2.24) is 9.80 Å². The molecular formula is C25H31N5O2S. The average molecular weight is 466 g/mol. The summed E-state index contributed by atoms with van der Waals surface area (Å²) < 4.78 is 5.37. The number of carbonyl (C=O) groups excluding carboxylic acids is 1. The summed E-state index contributed by atoms with van der Waals surface area (Å²) in [5, 5.41) is 3.63. The number of hydrogen-bond donors (Lipinski definition) is 0. The van der Waals surface area contributed by atoms with E-state index >= 15 is 0 Å². The zero-order valence-electron chi connectivity index (χ0n) is 19.2. The molecule has 0 unspecified atom stereocenters. The molecule has 1 amide bonds. The summed E-state index contributed by atoms with van der Waals surface area (Å²) in [6.07, 6.45) is 3.94. The van der Waals surface area contributed by atoms with E-state index in [0.29, 0.717) is 24.6 Å². The van der Waals surface area contributed by atoms with Crippen LogP contribution >= 0.6 is 11.8 Å². The van der Waals surface area contributed by atoms with Crippen molar-refractivity contribution in [2.75, 3.05) is 39.0 Å². The summed E-state index contributed by atoms with van der Waals surface area (Å²) in [4.78, 5) is 21.5. The molecule has 0 radical (unpaired) electrons. The maximum atomic E-state index is 13.0. The highest BCUT2D eigenvalue weighted by molar-refractivity contribution is 7.99. The maximum Gasteiger partial charge on any atom is 0.224 e. The molecule has 1 saturated heterocycles. The number of amides is 1. The van der Waals surface area contributed by atoms with Crippen molar-refractivity contribution >= 4 is 23.4 Å². The van der Waals surface area contributed by atoms with Gasteiger partial charge in [-0.05, 0) is 73.1 Å². The van der Waals surface area contributed by atoms with Gasteiger partial charge < -0.3 is 14.5 Å². The Bertz CT molecular complexity index is 998. The van der Waals surface area contributed by atoms with Crippen LogP contribution in [0.5, 0.6) is 5.75 Å². The van der Waals surface area contributed by atoms with Crippen LogP contribution in [-0.4, -0.2) is 54.7 Å². The van der Waals surface area contributed by atoms with Gasteiger partial charge in [-0.2, -0.15) is 0 Å². The zero-order chi connectivity index (χ0) is 23.0. The van der Waals surface area contributed by atoms with Gasteiger partial charge >= 0.3 is 0 Å². The Kier molecular flexibility index (Phi) is 8.15. The molecule has 7 nitrogen and oxygen atoms in total. The van der Waals surface area contributed by atoms with Crippen molar-refractivity contribution in [1.29, 1.82) is 0 Å². The van der Waals surface area contributed by atoms with Crippen LogP contribution in [0.3, 0.4) is 0 Å². The Labute approximate surface area is 199 Å². The van der Waals surface area contributed by atoms with Crippen LogP contribution in [0.25, 0.3) is 10.4 Å². The van der Waals surface area contributed by atoms with E-state index in [1.807, 2.05) is 34.9 Å². The highest BCUT2D eigenvalue weighted by Crippen LogP contribution is 2.31. The van der Waals surface area contributed by atoms with Crippen LogP contribution in [0.1, 0.15) is 30.4 Å². The summed E-state index contributed by atoms with van der Waals surface area (Å²) >= 11 is 1.82. The van der Waals surface area contributed by atoms with Crippen molar-refractivity contribution in [2.45, 2.75) is 37.1 Å². The predicted molar refractivity (Wildman–Crippen MR) is 132 cm³/mol. The second kappa shape index (κ2) is 11.5. The third-order valence-corrected chi connectivity index (χ3v) is 7.67. The summed E-state index contributed by atoms with van der Waals surface area (Å²) in [6, 6.07) is 14.0. The number of thioether (sulfide) groups is 1. The smallest absolute Gasteiger partial charge is 0.224 e. The van der Waals surface area contributed by atoms with Gasteiger partial charge in [0.05, 0.1) is 7.11 Å². The lowest BCUT2D eigenvalue weighted by molar-refractivity contribution is -0.132. The van der Waals surface area contributed by atoms with Crippen molar-refractivity contribution < 1.29 is 9.53 Å². The van der Waals surface area contributed by atoms with Gasteiger partial charge in [0.1, 0.15) is 5.75 Å². The number of hydrogen-bond acceptors (Lipinski definition) is 5. The van der Waals surface area contributed by atoms with Gasteiger partial charge in [-0.1, -0.05) is 29.4 Å². The van der Waals surface area contributed by atoms with Crippen molar-refractivity contribution in [2.24, 2.45) is 11.0 Å². The molecule has 1 fully saturated rings. The fourth-order valence-corrected chi connectivity index (χ4v) is 5.62. The van der Waals surface area contributed by atoms with E-state index in [1.54, 1.807) is 7.11 Å². The van der Waals surface area contributed by atoms with Crippen molar-refractivity contribution in [3.05, 3.63) is 64.0 Å². The second-order valence-electron chi connectivity index (χ2n) is 8.73. The van der Waals surface area contributed by atoms with Crippen molar-refractivity contribution in [3.63, 3.8) is 0 Å². The summed E-state index contributed by atoms with van der Waals surface area (Å²) in [5.74, 6) is 2.68. The molecular weight excluding hydrogens is 434 g/mol. The molecule has 2 aliphatic heterocycles. The second-order valence-corrected chi connectivity index (χ2v) is 9.87. The molecule has 8 heteroatoms. The predicted octanol–water partition coefficient (Wildman–Crippen LogP) is 5.42. The molecule has 0 saturated carbocycles. The lowest BCUT2D eigenvalue weighted by atomic mass is 9.90. The van der Waals surface area contributed by atoms with Gasteiger partial charge in [0, 0.05) is 47.3 Å². The Balaban J connectivity index is 1.22. The quantitative estimate of drug-likeness (QED) is 0.311. The van der Waals surface area contributed by atoms with Crippen LogP contribution in [0.15, 0.2) is 52.5 Å². The largest absolute Gasteiger partial charge is 0.497 e. The van der Waals surface area contributed by atoms with E-state index in [9.17, 15) is 4.79 Å². The van der Waals surface area contributed by atoms with Gasteiger partial charge in [0.2, 0.25) is 5.91 Å². The molecule has 174 valence electrons. The average Bonchev–Trinajstić information content (AvgIpc) is 3.07. The van der Waals surface area contributed by atoms with Gasteiger partial charge in [-0.3, -0.25) is 4.79 Å². The maximum absolute atomic E-state index is 13.0. The Morgan fingerprint density at radius 3 is 2.70 bits per heavy atom. The first-order chi connectivity index (χ1) is 16.1. The monoisotopic (exact) mass is 465 g/mol. The molecule has 0 N–H and O–H groups in total. The number of fused-ring (bicyclic) bond motifs is 1. The molecule has 33 heavy (non-hydrogen) atoms. The fraction of sp³-hybridized carbons (Fsp3) is 0.480. The third kappa shape index (κ3) is 6.44. The van der Waals surface area contributed by atoms with Crippen LogP contribution in [0, 0.1) is 5.92 Å². The summed E-state index contributed by atoms with van der Waals surface area (Å²) in [5.41, 5.74) is 11.6. The van der Waals surface area contributed by atoms with E-state index in [1.165, 1.54) is 16.0 Å². The number of azide groups is 1. The first-order valence-electron chi connectivity index (χ1n) is 11.6. The number of ether oxygens (including phenoxy) is 1. The van der Waals surface area contributed by atoms with Gasteiger partial charge in [-0.25, -0.2) is 0 Å². The van der Waals surface area contributed by atoms with Gasteiger partial charge in [0.15, 0.2) is 0 Å². The fourth-order valence-electron chi connectivity index (χ4n) is 4.62. The molecule has 2 aromatic rings. The van der Waals surface area contributed by atoms with Crippen LogP contribution in [0.2, 0.25) is 0 Å². The number of piperidine rings is 1. The standard InChI is InChI=1S/C25H31N5O2S/c1-32-23-6-7-24-21(17-23)18-30(14-15-33-24)25(31)10-13-29-11-8-20(9-12-29)16-19-2-4-22(5-3-19)27-28-26/h2-7,17,20H,8-16,18H2,1H3. The minimum absolute atomic E-state index is 0.244. The number of methoxy groups -OCH3 is 1. The number of nitrogens with zero attached hydrogens (tertiary/aromatic N) is 5. The highest BCUT2D eigenvalue weighted by Gasteiger charge is 2.23. The molecule has 0 spiro atoms. The minimum atomic E-state index is 0.244. The first-order valence-corrected chi connectivity index (χ1v) is 12.6. The molecule has 4 rings (SSSR count). The minimum Gasteiger partial charge on any atom is -0.497 e. The molecule has 0 bridgehead atoms. The Morgan fingerprint density at radius 1 is 1.18 bits per heavy atom. The van der Waals surface area contributed by atoms with Crippen LogP contribution in [-0.2, 0) is 17.8 Å². The number of rotatable bonds is 7. The van der Waals surface area contributed by atoms with Gasteiger partial charge in [-0.15, -0.1) is 11.8 Å². The molecule has 0 aromatic heterocycles. The Hall–Kier alpha value is -2.67. The lowest BCUT2D eigenvalue weighted by Crippen LogP contribution is -2.38. The van der Waals surface area contributed by atoms with E-state index < -0.39 is 0 Å². The third-order valence-electron chi connectivity index (χ3n) is 6.57. The van der Waals surface area contributed by atoms with Gasteiger partial charge in [0.25, 0.3) is 0 Å². The normalized spacial score (nSPS) is 17.1. The molecule has 0 atom stereocenters. The number of likely N-dealkylation sites (tertiary alicyclic amines) is 1.